The predicted octanol–water partition coefficient (Wildman–Crippen LogP) is 2.29. The van der Waals surface area contributed by atoms with Crippen LogP contribution in [0.1, 0.15) is 13.8 Å². The number of anilines is 2. The van der Waals surface area contributed by atoms with Gasteiger partial charge in [-0.05, 0) is 18.2 Å². The highest BCUT2D eigenvalue weighted by Crippen LogP contribution is 2.30. The van der Waals surface area contributed by atoms with E-state index in [-0.39, 0.29) is 17.5 Å². The highest BCUT2D eigenvalue weighted by molar-refractivity contribution is 6.33. The average Bonchev–Trinajstić information content (AvgIpc) is 2.72. The van der Waals surface area contributed by atoms with Crippen LogP contribution in [0.4, 0.5) is 11.4 Å². The number of nitrogens with zero attached hydrogens (tertiary/aromatic N) is 2. The number of hydrogen-bond acceptors (Lipinski definition) is 7. The molecule has 2 rings (SSSR count). The third kappa shape index (κ3) is 5.87. The highest BCUT2D eigenvalue weighted by atomic mass is 35.5. The number of amides is 1. The smallest absolute Gasteiger partial charge is 0.354 e. The van der Waals surface area contributed by atoms with E-state index >= 15 is 0 Å². The summed E-state index contributed by atoms with van der Waals surface area (Å²) in [5.41, 5.74) is 1.29. The zero-order valence-corrected chi connectivity index (χ0v) is 17.8. The number of nitrogens with one attached hydrogen (secondary N) is 1. The molecule has 29 heavy (non-hydrogen) atoms. The summed E-state index contributed by atoms with van der Waals surface area (Å²) in [4.78, 5) is 39.4. The van der Waals surface area contributed by atoms with E-state index in [9.17, 15) is 14.4 Å². The fourth-order valence-electron chi connectivity index (χ4n) is 2.96. The van der Waals surface area contributed by atoms with Gasteiger partial charge in [0, 0.05) is 37.8 Å². The number of methoxy groups -OCH3 is 2. The van der Waals surface area contributed by atoms with Crippen LogP contribution in [0, 0.1) is 5.92 Å². The summed E-state index contributed by atoms with van der Waals surface area (Å²) in [5.74, 6) is -1.25. The lowest BCUT2D eigenvalue weighted by molar-refractivity contribution is -0.138. The van der Waals surface area contributed by atoms with E-state index in [2.05, 4.69) is 19.7 Å². The number of esters is 2. The Morgan fingerprint density at radius 3 is 2.28 bits per heavy atom. The van der Waals surface area contributed by atoms with Gasteiger partial charge in [0.25, 0.3) is 0 Å². The van der Waals surface area contributed by atoms with Crippen LogP contribution in [0.25, 0.3) is 0 Å². The predicted molar refractivity (Wildman–Crippen MR) is 111 cm³/mol. The Morgan fingerprint density at radius 2 is 1.76 bits per heavy atom. The SMILES string of the molecule is COC(=O)/C=C(/Nc1ccc(N2CCN(C(=O)C(C)C)CC2)c(Cl)c1)C(=O)OC. The summed E-state index contributed by atoms with van der Waals surface area (Å²) in [5, 5.41) is 3.32. The molecule has 1 N–H and O–H groups in total. The number of hydrogen-bond donors (Lipinski definition) is 1. The Labute approximate surface area is 175 Å². The van der Waals surface area contributed by atoms with Gasteiger partial charge in [-0.25, -0.2) is 9.59 Å². The Hall–Kier alpha value is -2.74. The Kier molecular flexibility index (Phi) is 7.90. The monoisotopic (exact) mass is 423 g/mol. The van der Waals surface area contributed by atoms with Crippen molar-refractivity contribution in [3.05, 3.63) is 35.0 Å². The van der Waals surface area contributed by atoms with E-state index in [1.807, 2.05) is 24.8 Å². The van der Waals surface area contributed by atoms with Crippen LogP contribution in [0.5, 0.6) is 0 Å². The summed E-state index contributed by atoms with van der Waals surface area (Å²) >= 11 is 6.45. The van der Waals surface area contributed by atoms with Crippen LogP contribution in [-0.2, 0) is 23.9 Å². The van der Waals surface area contributed by atoms with Crippen molar-refractivity contribution in [2.24, 2.45) is 5.92 Å². The first-order valence-electron chi connectivity index (χ1n) is 9.25. The third-order valence-corrected chi connectivity index (χ3v) is 4.82. The minimum absolute atomic E-state index is 0.0162. The summed E-state index contributed by atoms with van der Waals surface area (Å²) in [6, 6.07) is 5.25. The fourth-order valence-corrected chi connectivity index (χ4v) is 3.26. The van der Waals surface area contributed by atoms with Crippen LogP contribution in [0.3, 0.4) is 0 Å². The summed E-state index contributed by atoms with van der Waals surface area (Å²) in [7, 11) is 2.43. The van der Waals surface area contributed by atoms with E-state index < -0.39 is 11.9 Å². The van der Waals surface area contributed by atoms with Gasteiger partial charge in [0.1, 0.15) is 5.70 Å². The van der Waals surface area contributed by atoms with Gasteiger partial charge < -0.3 is 24.6 Å². The lowest BCUT2D eigenvalue weighted by Crippen LogP contribution is -2.50. The molecule has 0 bridgehead atoms. The Morgan fingerprint density at radius 1 is 1.10 bits per heavy atom. The first kappa shape index (κ1) is 22.5. The average molecular weight is 424 g/mol. The lowest BCUT2D eigenvalue weighted by Gasteiger charge is -2.37. The fraction of sp³-hybridized carbons (Fsp3) is 0.450. The van der Waals surface area contributed by atoms with Crippen molar-refractivity contribution in [3.8, 4) is 0 Å². The van der Waals surface area contributed by atoms with Gasteiger partial charge in [0.2, 0.25) is 5.91 Å². The molecule has 1 aliphatic heterocycles. The first-order chi connectivity index (χ1) is 13.8. The second-order valence-electron chi connectivity index (χ2n) is 6.83. The summed E-state index contributed by atoms with van der Waals surface area (Å²) in [6.07, 6.45) is 1.01. The number of carbonyl (C=O) groups excluding carboxylic acids is 3. The summed E-state index contributed by atoms with van der Waals surface area (Å²) < 4.78 is 9.23. The molecule has 1 aromatic carbocycles. The quantitative estimate of drug-likeness (QED) is 0.554. The molecular formula is C20H26ClN3O5. The highest BCUT2D eigenvalue weighted by Gasteiger charge is 2.24. The maximum absolute atomic E-state index is 12.1. The van der Waals surface area contributed by atoms with E-state index in [0.717, 1.165) is 11.8 Å². The third-order valence-electron chi connectivity index (χ3n) is 4.52. The van der Waals surface area contributed by atoms with Gasteiger partial charge in [-0.3, -0.25) is 4.79 Å². The first-order valence-corrected chi connectivity index (χ1v) is 9.62. The molecule has 1 aliphatic rings. The minimum Gasteiger partial charge on any atom is -0.466 e. The molecule has 0 atom stereocenters. The molecule has 0 unspecified atom stereocenters. The molecule has 8 nitrogen and oxygen atoms in total. The van der Waals surface area contributed by atoms with Crippen molar-refractivity contribution in [1.82, 2.24) is 4.90 Å². The van der Waals surface area contributed by atoms with Crippen LogP contribution in [0.2, 0.25) is 5.02 Å². The van der Waals surface area contributed by atoms with Gasteiger partial charge in [-0.1, -0.05) is 25.4 Å². The maximum Gasteiger partial charge on any atom is 0.354 e. The summed E-state index contributed by atoms with van der Waals surface area (Å²) in [6.45, 7) is 6.44. The lowest BCUT2D eigenvalue weighted by atomic mass is 10.1. The van der Waals surface area contributed by atoms with Gasteiger partial charge in [-0.15, -0.1) is 0 Å². The Balaban J connectivity index is 2.10. The van der Waals surface area contributed by atoms with Crippen molar-refractivity contribution >= 4 is 40.8 Å². The van der Waals surface area contributed by atoms with Crippen molar-refractivity contribution in [2.45, 2.75) is 13.8 Å². The maximum atomic E-state index is 12.1. The van der Waals surface area contributed by atoms with Gasteiger partial charge in [-0.2, -0.15) is 0 Å². The molecule has 1 fully saturated rings. The molecule has 1 aromatic rings. The van der Waals surface area contributed by atoms with E-state index in [0.29, 0.717) is 36.9 Å². The molecule has 1 amide bonds. The van der Waals surface area contributed by atoms with Crippen molar-refractivity contribution < 1.29 is 23.9 Å². The standard InChI is InChI=1S/C20H26ClN3O5/c1-13(2)19(26)24-9-7-23(8-10-24)17-6-5-14(11-15(17)21)22-16(20(27)29-4)12-18(25)28-3/h5-6,11-13,22H,7-10H2,1-4H3/b16-12+. The molecule has 158 valence electrons. The number of piperazine rings is 1. The number of rotatable bonds is 6. The molecule has 1 saturated heterocycles. The van der Waals surface area contributed by atoms with Crippen LogP contribution in [0.15, 0.2) is 30.0 Å². The normalized spacial score (nSPS) is 14.6. The van der Waals surface area contributed by atoms with Gasteiger partial charge >= 0.3 is 11.9 Å². The topological polar surface area (TPSA) is 88.2 Å². The van der Waals surface area contributed by atoms with E-state index in [1.165, 1.54) is 14.2 Å². The van der Waals surface area contributed by atoms with E-state index in [4.69, 9.17) is 11.6 Å². The van der Waals surface area contributed by atoms with Crippen LogP contribution < -0.4 is 10.2 Å². The zero-order chi connectivity index (χ0) is 21.6. The molecule has 0 aromatic heterocycles. The number of carbonyl (C=O) groups is 3. The van der Waals surface area contributed by atoms with Gasteiger partial charge in [0.05, 0.1) is 31.0 Å². The molecular weight excluding hydrogens is 398 g/mol. The van der Waals surface area contributed by atoms with Crippen LogP contribution in [-0.4, -0.2) is 63.1 Å². The van der Waals surface area contributed by atoms with Crippen LogP contribution >= 0.6 is 11.6 Å². The van der Waals surface area contributed by atoms with Crippen molar-refractivity contribution in [2.75, 3.05) is 50.6 Å². The molecule has 0 aliphatic carbocycles. The number of halogens is 1. The molecule has 0 spiro atoms. The number of ether oxygens (including phenoxy) is 2. The van der Waals surface area contributed by atoms with Crippen molar-refractivity contribution in [3.63, 3.8) is 0 Å². The van der Waals surface area contributed by atoms with Crippen molar-refractivity contribution in [1.29, 1.82) is 0 Å². The zero-order valence-electron chi connectivity index (χ0n) is 17.0. The second kappa shape index (κ2) is 10.2. The largest absolute Gasteiger partial charge is 0.466 e. The van der Waals surface area contributed by atoms with E-state index in [1.54, 1.807) is 12.1 Å². The number of benzene rings is 1. The molecule has 0 saturated carbocycles. The Bertz CT molecular complexity index is 801. The molecule has 0 radical (unpaired) electrons. The molecule has 9 heteroatoms. The second-order valence-corrected chi connectivity index (χ2v) is 7.24. The van der Waals surface area contributed by atoms with Gasteiger partial charge in [0.15, 0.2) is 0 Å². The minimum atomic E-state index is -0.707. The molecule has 1 heterocycles.